The lowest BCUT2D eigenvalue weighted by Crippen LogP contribution is -2.50. The molecule has 1 saturated heterocycles. The highest BCUT2D eigenvalue weighted by atomic mass is 35.5. The molecule has 0 radical (unpaired) electrons. The van der Waals surface area contributed by atoms with Crippen LogP contribution in [0, 0.1) is 0 Å². The summed E-state index contributed by atoms with van der Waals surface area (Å²) in [6.07, 6.45) is 3.93. The first-order valence-electron chi connectivity index (χ1n) is 9.19. The summed E-state index contributed by atoms with van der Waals surface area (Å²) in [5, 5.41) is 0.544. The summed E-state index contributed by atoms with van der Waals surface area (Å²) in [4.78, 5) is 29.0. The van der Waals surface area contributed by atoms with E-state index in [1.807, 2.05) is 53.4 Å². The molecule has 1 aliphatic rings. The number of nitrogens with zero attached hydrogens (tertiary/aromatic N) is 3. The monoisotopic (exact) mass is 393 g/mol. The van der Waals surface area contributed by atoms with Crippen LogP contribution in [0.4, 0.5) is 0 Å². The number of piperazine rings is 1. The Morgan fingerprint density at radius 3 is 1.86 bits per heavy atom. The maximum Gasteiger partial charge on any atom is 0.254 e. The van der Waals surface area contributed by atoms with E-state index >= 15 is 0 Å². The van der Waals surface area contributed by atoms with Crippen molar-refractivity contribution in [1.29, 1.82) is 0 Å². The topological polar surface area (TPSA) is 45.6 Å². The lowest BCUT2D eigenvalue weighted by molar-refractivity contribution is 0.0535. The highest BCUT2D eigenvalue weighted by Gasteiger charge is 2.25. The van der Waals surface area contributed by atoms with Crippen molar-refractivity contribution in [2.45, 2.75) is 0 Å². The molecule has 4 rings (SSSR count). The Hall–Kier alpha value is -3.05. The Morgan fingerprint density at radius 1 is 0.714 bits per heavy atom. The average Bonchev–Trinajstić information content (AvgIpc) is 3.28. The van der Waals surface area contributed by atoms with Gasteiger partial charge < -0.3 is 14.4 Å². The van der Waals surface area contributed by atoms with Crippen LogP contribution in [0.5, 0.6) is 0 Å². The van der Waals surface area contributed by atoms with Gasteiger partial charge in [-0.05, 0) is 54.6 Å². The van der Waals surface area contributed by atoms with E-state index in [2.05, 4.69) is 0 Å². The molecule has 1 aliphatic heterocycles. The molecule has 6 heteroatoms. The summed E-state index contributed by atoms with van der Waals surface area (Å²) in [5.41, 5.74) is 2.25. The predicted octanol–water partition coefficient (Wildman–Crippen LogP) is 3.73. The van der Waals surface area contributed by atoms with Crippen molar-refractivity contribution in [3.8, 4) is 5.69 Å². The van der Waals surface area contributed by atoms with Gasteiger partial charge in [0.2, 0.25) is 0 Å². The van der Waals surface area contributed by atoms with Gasteiger partial charge in [-0.3, -0.25) is 9.59 Å². The molecule has 0 unspecified atom stereocenters. The van der Waals surface area contributed by atoms with Gasteiger partial charge in [0.05, 0.1) is 0 Å². The second-order valence-corrected chi connectivity index (χ2v) is 7.17. The Bertz CT molecular complexity index is 975. The minimum Gasteiger partial charge on any atom is -0.335 e. The van der Waals surface area contributed by atoms with Gasteiger partial charge in [0.15, 0.2) is 0 Å². The summed E-state index contributed by atoms with van der Waals surface area (Å²) in [5.74, 6) is -0.0559. The summed E-state index contributed by atoms with van der Waals surface area (Å²) in [6, 6.07) is 18.4. The molecule has 28 heavy (non-hydrogen) atoms. The molecule has 5 nitrogen and oxygen atoms in total. The molecular formula is C22H20ClN3O2. The molecule has 1 aromatic heterocycles. The molecule has 0 spiro atoms. The smallest absolute Gasteiger partial charge is 0.254 e. The van der Waals surface area contributed by atoms with E-state index in [0.717, 1.165) is 5.69 Å². The van der Waals surface area contributed by atoms with E-state index in [1.54, 1.807) is 34.1 Å². The molecule has 0 N–H and O–H groups in total. The lowest BCUT2D eigenvalue weighted by Gasteiger charge is -2.35. The molecule has 0 aliphatic carbocycles. The van der Waals surface area contributed by atoms with Gasteiger partial charge in [0, 0.05) is 60.4 Å². The van der Waals surface area contributed by atoms with Crippen molar-refractivity contribution in [2.75, 3.05) is 26.2 Å². The zero-order valence-corrected chi connectivity index (χ0v) is 16.0. The van der Waals surface area contributed by atoms with Crippen molar-refractivity contribution < 1.29 is 9.59 Å². The van der Waals surface area contributed by atoms with Crippen LogP contribution in [-0.4, -0.2) is 52.4 Å². The number of aromatic nitrogens is 1. The predicted molar refractivity (Wildman–Crippen MR) is 109 cm³/mol. The number of amides is 2. The average molecular weight is 394 g/mol. The van der Waals surface area contributed by atoms with E-state index in [0.29, 0.717) is 42.3 Å². The number of halogens is 1. The Balaban J connectivity index is 1.38. The van der Waals surface area contributed by atoms with Crippen molar-refractivity contribution in [2.24, 2.45) is 0 Å². The molecule has 2 aromatic carbocycles. The number of carbonyl (C=O) groups excluding carboxylic acids is 2. The summed E-state index contributed by atoms with van der Waals surface area (Å²) >= 11 is 5.98. The first kappa shape index (κ1) is 18.3. The van der Waals surface area contributed by atoms with Crippen LogP contribution in [0.15, 0.2) is 73.1 Å². The van der Waals surface area contributed by atoms with Crippen molar-refractivity contribution in [1.82, 2.24) is 14.4 Å². The maximum atomic E-state index is 12.8. The standard InChI is InChI=1S/C22H20ClN3O2/c23-19-5-3-4-18(16-19)22(28)26-14-12-25(13-15-26)21(27)17-6-8-20(9-7-17)24-10-1-2-11-24/h1-11,16H,12-15H2. The number of benzene rings is 2. The number of hydrogen-bond donors (Lipinski definition) is 0. The largest absolute Gasteiger partial charge is 0.335 e. The van der Waals surface area contributed by atoms with Crippen LogP contribution >= 0.6 is 11.6 Å². The minimum atomic E-state index is -0.0503. The van der Waals surface area contributed by atoms with Gasteiger partial charge in [-0.25, -0.2) is 0 Å². The normalized spacial score (nSPS) is 14.2. The number of hydrogen-bond acceptors (Lipinski definition) is 2. The number of carbonyl (C=O) groups is 2. The van der Waals surface area contributed by atoms with E-state index in [1.165, 1.54) is 0 Å². The maximum absolute atomic E-state index is 12.8. The third-order valence-electron chi connectivity index (χ3n) is 4.94. The quantitative estimate of drug-likeness (QED) is 0.680. The van der Waals surface area contributed by atoms with E-state index in [4.69, 9.17) is 11.6 Å². The van der Waals surface area contributed by atoms with Gasteiger partial charge in [-0.1, -0.05) is 17.7 Å². The minimum absolute atomic E-state index is 0.00564. The first-order valence-corrected chi connectivity index (χ1v) is 9.57. The fourth-order valence-corrected chi connectivity index (χ4v) is 3.57. The zero-order valence-electron chi connectivity index (χ0n) is 15.3. The third kappa shape index (κ3) is 3.80. The van der Waals surface area contributed by atoms with Gasteiger partial charge in [-0.15, -0.1) is 0 Å². The summed E-state index contributed by atoms with van der Waals surface area (Å²) in [7, 11) is 0. The Labute approximate surface area is 168 Å². The fourth-order valence-electron chi connectivity index (χ4n) is 3.38. The van der Waals surface area contributed by atoms with Crippen LogP contribution < -0.4 is 0 Å². The highest BCUT2D eigenvalue weighted by Crippen LogP contribution is 2.16. The molecule has 142 valence electrons. The van der Waals surface area contributed by atoms with E-state index in [-0.39, 0.29) is 11.8 Å². The second-order valence-electron chi connectivity index (χ2n) is 6.73. The summed E-state index contributed by atoms with van der Waals surface area (Å²) in [6.45, 7) is 2.06. The van der Waals surface area contributed by atoms with Gasteiger partial charge in [-0.2, -0.15) is 0 Å². The van der Waals surface area contributed by atoms with Crippen molar-refractivity contribution in [3.05, 3.63) is 89.2 Å². The third-order valence-corrected chi connectivity index (χ3v) is 5.18. The van der Waals surface area contributed by atoms with Crippen molar-refractivity contribution >= 4 is 23.4 Å². The molecular weight excluding hydrogens is 374 g/mol. The highest BCUT2D eigenvalue weighted by molar-refractivity contribution is 6.30. The van der Waals surface area contributed by atoms with Crippen LogP contribution in [0.1, 0.15) is 20.7 Å². The molecule has 0 atom stereocenters. The molecule has 0 saturated carbocycles. The van der Waals surface area contributed by atoms with Crippen LogP contribution in [-0.2, 0) is 0 Å². The zero-order chi connectivity index (χ0) is 19.5. The Kier molecular flexibility index (Phi) is 5.17. The fraction of sp³-hybridized carbons (Fsp3) is 0.182. The SMILES string of the molecule is O=C(c1ccc(-n2cccc2)cc1)N1CCN(C(=O)c2cccc(Cl)c2)CC1. The Morgan fingerprint density at radius 2 is 1.29 bits per heavy atom. The molecule has 3 aromatic rings. The first-order chi connectivity index (χ1) is 13.6. The van der Waals surface area contributed by atoms with Gasteiger partial charge in [0.25, 0.3) is 11.8 Å². The number of rotatable bonds is 3. The van der Waals surface area contributed by atoms with Crippen molar-refractivity contribution in [3.63, 3.8) is 0 Å². The molecule has 1 fully saturated rings. The van der Waals surface area contributed by atoms with Crippen LogP contribution in [0.3, 0.4) is 0 Å². The lowest BCUT2D eigenvalue weighted by atomic mass is 10.1. The molecule has 0 bridgehead atoms. The molecule has 2 amide bonds. The van der Waals surface area contributed by atoms with Crippen LogP contribution in [0.25, 0.3) is 5.69 Å². The van der Waals surface area contributed by atoms with Gasteiger partial charge >= 0.3 is 0 Å². The van der Waals surface area contributed by atoms with E-state index in [9.17, 15) is 9.59 Å². The summed E-state index contributed by atoms with van der Waals surface area (Å²) < 4.78 is 1.99. The van der Waals surface area contributed by atoms with E-state index < -0.39 is 0 Å². The van der Waals surface area contributed by atoms with Crippen LogP contribution in [0.2, 0.25) is 5.02 Å². The van der Waals surface area contributed by atoms with Gasteiger partial charge in [0.1, 0.15) is 0 Å². The molecule has 2 heterocycles. The second kappa shape index (κ2) is 7.90.